The quantitative estimate of drug-likeness (QED) is 0.782. The zero-order valence-corrected chi connectivity index (χ0v) is 8.51. The molecule has 0 aromatic carbocycles. The summed E-state index contributed by atoms with van der Waals surface area (Å²) >= 11 is 0. The van der Waals surface area contributed by atoms with E-state index in [1.54, 1.807) is 12.4 Å². The number of alkyl halides is 1. The largest absolute Gasteiger partial charge is 0.329 e. The van der Waals surface area contributed by atoms with E-state index in [9.17, 15) is 4.39 Å². The Morgan fingerprint density at radius 3 is 2.87 bits per heavy atom. The lowest BCUT2D eigenvalue weighted by molar-refractivity contribution is 0.238. The molecule has 0 saturated carbocycles. The molecule has 2 rings (SSSR count). The molecule has 0 bridgehead atoms. The Hall–Kier alpha value is -1.07. The lowest BCUT2D eigenvalue weighted by atomic mass is 10.2. The van der Waals surface area contributed by atoms with E-state index in [1.807, 2.05) is 0 Å². The van der Waals surface area contributed by atoms with Crippen LogP contribution in [0.4, 0.5) is 4.39 Å². The number of aromatic nitrogens is 2. The molecule has 1 aliphatic rings. The highest BCUT2D eigenvalue weighted by Gasteiger charge is 2.30. The zero-order chi connectivity index (χ0) is 10.7. The fraction of sp³-hybridized carbons (Fsp3) is 0.600. The Balaban J connectivity index is 2.00. The minimum atomic E-state index is -0.747. The van der Waals surface area contributed by atoms with Crippen molar-refractivity contribution < 1.29 is 4.39 Å². The molecule has 2 heterocycles. The van der Waals surface area contributed by atoms with Gasteiger partial charge in [-0.15, -0.1) is 0 Å². The second-order valence-electron chi connectivity index (χ2n) is 3.90. The standard InChI is InChI=1S/C10H15FN4/c11-9-1-10(2-12)15(6-9)5-8-3-13-7-14-4-8/h3-4,7,9-10H,1-2,5-6,12H2/t9-,10+/m1/s1. The third-order valence-electron chi connectivity index (χ3n) is 2.75. The third-order valence-corrected chi connectivity index (χ3v) is 2.75. The summed E-state index contributed by atoms with van der Waals surface area (Å²) in [5.74, 6) is 0. The fourth-order valence-electron chi connectivity index (χ4n) is 2.01. The third kappa shape index (κ3) is 2.49. The Bertz CT molecular complexity index is 306. The molecular weight excluding hydrogens is 195 g/mol. The van der Waals surface area contributed by atoms with Gasteiger partial charge < -0.3 is 5.73 Å². The van der Waals surface area contributed by atoms with Crippen LogP contribution in [-0.4, -0.2) is 40.2 Å². The smallest absolute Gasteiger partial charge is 0.115 e. The molecule has 1 aromatic heterocycles. The van der Waals surface area contributed by atoms with E-state index >= 15 is 0 Å². The lowest BCUT2D eigenvalue weighted by Crippen LogP contribution is -2.34. The highest BCUT2D eigenvalue weighted by molar-refractivity contribution is 5.03. The van der Waals surface area contributed by atoms with Crippen molar-refractivity contribution in [3.8, 4) is 0 Å². The molecule has 0 unspecified atom stereocenters. The predicted molar refractivity (Wildman–Crippen MR) is 54.8 cm³/mol. The lowest BCUT2D eigenvalue weighted by Gasteiger charge is -2.22. The summed E-state index contributed by atoms with van der Waals surface area (Å²) in [5, 5.41) is 0. The van der Waals surface area contributed by atoms with Crippen LogP contribution in [0, 0.1) is 0 Å². The van der Waals surface area contributed by atoms with Gasteiger partial charge in [-0.2, -0.15) is 0 Å². The predicted octanol–water partition coefficient (Wildman–Crippen LogP) is 0.348. The van der Waals surface area contributed by atoms with Crippen molar-refractivity contribution >= 4 is 0 Å². The summed E-state index contributed by atoms with van der Waals surface area (Å²) in [6, 6.07) is 0.153. The van der Waals surface area contributed by atoms with Crippen molar-refractivity contribution in [3.63, 3.8) is 0 Å². The van der Waals surface area contributed by atoms with Crippen LogP contribution < -0.4 is 5.73 Å². The zero-order valence-electron chi connectivity index (χ0n) is 8.51. The first-order chi connectivity index (χ1) is 7.29. The van der Waals surface area contributed by atoms with Crippen LogP contribution in [0.5, 0.6) is 0 Å². The molecule has 5 heteroatoms. The summed E-state index contributed by atoms with van der Waals surface area (Å²) in [5.41, 5.74) is 6.61. The second kappa shape index (κ2) is 4.63. The summed E-state index contributed by atoms with van der Waals surface area (Å²) in [6.07, 6.45) is 4.80. The van der Waals surface area contributed by atoms with Crippen LogP contribution in [0.15, 0.2) is 18.7 Å². The highest BCUT2D eigenvalue weighted by Crippen LogP contribution is 2.21. The number of hydrogen-bond acceptors (Lipinski definition) is 4. The Morgan fingerprint density at radius 2 is 2.20 bits per heavy atom. The van der Waals surface area contributed by atoms with Crippen molar-refractivity contribution in [2.75, 3.05) is 13.1 Å². The monoisotopic (exact) mass is 210 g/mol. The van der Waals surface area contributed by atoms with Gasteiger partial charge in [-0.05, 0) is 6.42 Å². The Labute approximate surface area is 88.3 Å². The van der Waals surface area contributed by atoms with Gasteiger partial charge in [0.25, 0.3) is 0 Å². The maximum absolute atomic E-state index is 13.2. The molecule has 2 atom stereocenters. The normalized spacial score (nSPS) is 27.1. The van der Waals surface area contributed by atoms with Gasteiger partial charge in [0.2, 0.25) is 0 Å². The molecule has 0 radical (unpaired) electrons. The second-order valence-corrected chi connectivity index (χ2v) is 3.90. The van der Waals surface area contributed by atoms with Gasteiger partial charge in [-0.1, -0.05) is 0 Å². The van der Waals surface area contributed by atoms with E-state index in [2.05, 4.69) is 14.9 Å². The van der Waals surface area contributed by atoms with Gasteiger partial charge in [0.05, 0.1) is 0 Å². The van der Waals surface area contributed by atoms with Crippen LogP contribution in [0.1, 0.15) is 12.0 Å². The maximum atomic E-state index is 13.2. The van der Waals surface area contributed by atoms with Crippen LogP contribution in [0.25, 0.3) is 0 Å². The summed E-state index contributed by atoms with van der Waals surface area (Å²) in [6.45, 7) is 1.66. The first-order valence-electron chi connectivity index (χ1n) is 5.11. The molecule has 0 spiro atoms. The summed E-state index contributed by atoms with van der Waals surface area (Å²) < 4.78 is 13.2. The van der Waals surface area contributed by atoms with E-state index in [4.69, 9.17) is 5.73 Å². The van der Waals surface area contributed by atoms with Crippen LogP contribution >= 0.6 is 0 Å². The van der Waals surface area contributed by atoms with Gasteiger partial charge in [0.1, 0.15) is 12.5 Å². The van der Waals surface area contributed by atoms with Crippen LogP contribution in [0.3, 0.4) is 0 Å². The highest BCUT2D eigenvalue weighted by atomic mass is 19.1. The summed E-state index contributed by atoms with van der Waals surface area (Å²) in [4.78, 5) is 9.93. The van der Waals surface area contributed by atoms with Crippen molar-refractivity contribution in [2.24, 2.45) is 5.73 Å². The molecule has 82 valence electrons. The fourth-order valence-corrected chi connectivity index (χ4v) is 2.01. The number of rotatable bonds is 3. The molecule has 1 saturated heterocycles. The number of nitrogens with zero attached hydrogens (tertiary/aromatic N) is 3. The van der Waals surface area contributed by atoms with Crippen molar-refractivity contribution in [1.29, 1.82) is 0 Å². The van der Waals surface area contributed by atoms with Gasteiger partial charge in [0.15, 0.2) is 0 Å². The van der Waals surface area contributed by atoms with E-state index in [0.717, 1.165) is 5.56 Å². The Kier molecular flexibility index (Phi) is 3.23. The van der Waals surface area contributed by atoms with Crippen LogP contribution in [-0.2, 0) is 6.54 Å². The number of halogens is 1. The molecule has 0 aliphatic carbocycles. The molecular formula is C10H15FN4. The van der Waals surface area contributed by atoms with E-state index in [-0.39, 0.29) is 6.04 Å². The molecule has 0 amide bonds. The van der Waals surface area contributed by atoms with Gasteiger partial charge in [-0.25, -0.2) is 14.4 Å². The minimum Gasteiger partial charge on any atom is -0.329 e. The molecule has 1 aliphatic heterocycles. The molecule has 4 nitrogen and oxygen atoms in total. The Morgan fingerprint density at radius 1 is 1.47 bits per heavy atom. The van der Waals surface area contributed by atoms with E-state index in [1.165, 1.54) is 6.33 Å². The molecule has 15 heavy (non-hydrogen) atoms. The van der Waals surface area contributed by atoms with Crippen LogP contribution in [0.2, 0.25) is 0 Å². The first kappa shape index (κ1) is 10.4. The topological polar surface area (TPSA) is 55.0 Å². The van der Waals surface area contributed by atoms with Gasteiger partial charge in [0, 0.05) is 43.6 Å². The SMILES string of the molecule is NC[C@@H]1C[C@@H](F)CN1Cc1cncnc1. The summed E-state index contributed by atoms with van der Waals surface area (Å²) in [7, 11) is 0. The maximum Gasteiger partial charge on any atom is 0.115 e. The van der Waals surface area contributed by atoms with Gasteiger partial charge in [-0.3, -0.25) is 4.90 Å². The first-order valence-corrected chi connectivity index (χ1v) is 5.11. The average Bonchev–Trinajstić information content (AvgIpc) is 2.60. The molecule has 1 aromatic rings. The average molecular weight is 210 g/mol. The molecule has 2 N–H and O–H groups in total. The number of hydrogen-bond donors (Lipinski definition) is 1. The van der Waals surface area contributed by atoms with E-state index < -0.39 is 6.17 Å². The number of nitrogens with two attached hydrogens (primary N) is 1. The van der Waals surface area contributed by atoms with Gasteiger partial charge >= 0.3 is 0 Å². The number of likely N-dealkylation sites (tertiary alicyclic amines) is 1. The van der Waals surface area contributed by atoms with E-state index in [0.29, 0.717) is 26.1 Å². The van der Waals surface area contributed by atoms with Crippen molar-refractivity contribution in [1.82, 2.24) is 14.9 Å². The van der Waals surface area contributed by atoms with Crippen molar-refractivity contribution in [2.45, 2.75) is 25.2 Å². The van der Waals surface area contributed by atoms with Crippen molar-refractivity contribution in [3.05, 3.63) is 24.3 Å². The minimum absolute atomic E-state index is 0.153. The molecule has 1 fully saturated rings.